The Morgan fingerprint density at radius 1 is 0.409 bits per heavy atom. The van der Waals surface area contributed by atoms with Crippen LogP contribution in [0.2, 0.25) is 0 Å². The van der Waals surface area contributed by atoms with E-state index in [0.29, 0.717) is 0 Å². The van der Waals surface area contributed by atoms with Crippen molar-refractivity contribution >= 4 is 0 Å². The third-order valence-electron chi connectivity index (χ3n) is 7.68. The maximum Gasteiger partial charge on any atom is 2.00 e. The summed E-state index contributed by atoms with van der Waals surface area (Å²) in [5.41, 5.74) is 11.6. The molecule has 0 unspecified atom stereocenters. The first-order valence-electron chi connectivity index (χ1n) is 14.4. The van der Waals surface area contributed by atoms with Crippen molar-refractivity contribution in [2.75, 3.05) is 0 Å². The molecule has 0 aliphatic heterocycles. The van der Waals surface area contributed by atoms with Gasteiger partial charge in [-0.25, -0.2) is 0 Å². The van der Waals surface area contributed by atoms with Gasteiger partial charge in [0.05, 0.1) is 0 Å². The van der Waals surface area contributed by atoms with Crippen LogP contribution in [0.5, 0.6) is 0 Å². The number of hydrogen-bond donors (Lipinski definition) is 0. The van der Waals surface area contributed by atoms with E-state index in [4.69, 9.17) is 9.97 Å². The minimum atomic E-state index is -0.0595. The first kappa shape index (κ1) is 29.2. The Kier molecular flexibility index (Phi) is 9.01. The van der Waals surface area contributed by atoms with E-state index in [9.17, 15) is 0 Å². The van der Waals surface area contributed by atoms with Gasteiger partial charge in [0.2, 0.25) is 0 Å². The summed E-state index contributed by atoms with van der Waals surface area (Å²) in [4.78, 5) is 9.44. The summed E-state index contributed by atoms with van der Waals surface area (Å²) >= 11 is 0. The van der Waals surface area contributed by atoms with Gasteiger partial charge in [0, 0.05) is 12.4 Å². The topological polar surface area (TPSA) is 25.8 Å². The van der Waals surface area contributed by atoms with E-state index in [2.05, 4.69) is 152 Å². The summed E-state index contributed by atoms with van der Waals surface area (Å²) in [6.45, 7) is 0. The van der Waals surface area contributed by atoms with Crippen LogP contribution in [0.15, 0.2) is 164 Å². The predicted molar refractivity (Wildman–Crippen MR) is 175 cm³/mol. The van der Waals surface area contributed by atoms with Crippen molar-refractivity contribution in [2.24, 2.45) is 0 Å². The van der Waals surface area contributed by atoms with Crippen molar-refractivity contribution in [3.63, 3.8) is 0 Å². The molecule has 3 heteroatoms. The zero-order valence-electron chi connectivity index (χ0n) is 23.9. The number of benzene rings is 5. The van der Waals surface area contributed by atoms with Crippen LogP contribution in [0, 0.1) is 12.1 Å². The smallest absolute Gasteiger partial charge is 0.305 e. The first-order valence-corrected chi connectivity index (χ1v) is 14.4. The Morgan fingerprint density at radius 2 is 0.841 bits per heavy atom. The van der Waals surface area contributed by atoms with Gasteiger partial charge >= 0.3 is 21.1 Å². The van der Waals surface area contributed by atoms with Gasteiger partial charge < -0.3 is 9.97 Å². The fraction of sp³-hybridized carbons (Fsp3) is 0.0244. The average molecular weight is 744 g/mol. The summed E-state index contributed by atoms with van der Waals surface area (Å²) in [5.74, 6) is -0.0595. The van der Waals surface area contributed by atoms with Crippen molar-refractivity contribution in [1.29, 1.82) is 0 Å². The van der Waals surface area contributed by atoms with Gasteiger partial charge in [-0.2, -0.15) is 0 Å². The second kappa shape index (κ2) is 13.6. The molecule has 0 aliphatic carbocycles. The molecule has 212 valence electrons. The Morgan fingerprint density at radius 3 is 1.30 bits per heavy atom. The number of pyridine rings is 2. The molecule has 0 bridgehead atoms. The largest absolute Gasteiger partial charge is 2.00 e. The standard InChI is InChI=1S/C41H28N2.Pt/c1-4-12-30(13-5-1)33-22-24-42-39(28-33)35-18-10-20-37(26-35)41(32-16-8-3-9-17-32)38-21-11-19-36(27-38)40-29-34(23-25-43-40)31-14-6-2-7-15-31;/h1-25,28-29,41H;/q-2;+2. The minimum Gasteiger partial charge on any atom is -0.305 e. The summed E-state index contributed by atoms with van der Waals surface area (Å²) < 4.78 is 0. The maximum absolute atomic E-state index is 4.72. The van der Waals surface area contributed by atoms with Crippen molar-refractivity contribution in [1.82, 2.24) is 9.97 Å². The molecule has 0 saturated carbocycles. The monoisotopic (exact) mass is 743 g/mol. The van der Waals surface area contributed by atoms with Crippen LogP contribution in [0.3, 0.4) is 0 Å². The summed E-state index contributed by atoms with van der Waals surface area (Å²) in [6, 6.07) is 59.9. The SMILES string of the molecule is [Pt+2].[c-]1c(-c2cc(-c3ccccc3)ccn2)cccc1C(c1[c-]c(-c2cc(-c3ccccc3)ccn2)ccc1)c1ccccc1. The molecule has 5 aromatic carbocycles. The van der Waals surface area contributed by atoms with Crippen LogP contribution in [-0.2, 0) is 21.1 Å². The van der Waals surface area contributed by atoms with Gasteiger partial charge in [0.15, 0.2) is 0 Å². The Bertz CT molecular complexity index is 1850. The van der Waals surface area contributed by atoms with Crippen molar-refractivity contribution in [3.8, 4) is 44.8 Å². The zero-order valence-corrected chi connectivity index (χ0v) is 26.1. The van der Waals surface area contributed by atoms with E-state index in [1.165, 1.54) is 16.7 Å². The molecule has 7 rings (SSSR count). The average Bonchev–Trinajstić information content (AvgIpc) is 3.10. The van der Waals surface area contributed by atoms with E-state index in [1.54, 1.807) is 0 Å². The van der Waals surface area contributed by atoms with Gasteiger partial charge in [0.1, 0.15) is 0 Å². The predicted octanol–water partition coefficient (Wildman–Crippen LogP) is 9.92. The molecule has 0 radical (unpaired) electrons. The summed E-state index contributed by atoms with van der Waals surface area (Å²) in [7, 11) is 0. The molecule has 0 saturated heterocycles. The van der Waals surface area contributed by atoms with Gasteiger partial charge in [0.25, 0.3) is 0 Å². The van der Waals surface area contributed by atoms with E-state index >= 15 is 0 Å². The molecule has 2 heterocycles. The molecule has 7 aromatic rings. The van der Waals surface area contributed by atoms with Crippen LogP contribution in [-0.4, -0.2) is 9.97 Å². The molecule has 44 heavy (non-hydrogen) atoms. The van der Waals surface area contributed by atoms with Crippen molar-refractivity contribution in [2.45, 2.75) is 5.92 Å². The zero-order chi connectivity index (χ0) is 28.8. The normalized spacial score (nSPS) is 10.8. The van der Waals surface area contributed by atoms with E-state index in [-0.39, 0.29) is 27.0 Å². The van der Waals surface area contributed by atoms with Crippen LogP contribution in [0.25, 0.3) is 44.8 Å². The molecule has 0 spiro atoms. The second-order valence-electron chi connectivity index (χ2n) is 10.5. The van der Waals surface area contributed by atoms with Gasteiger partial charge in [-0.05, 0) is 57.3 Å². The van der Waals surface area contributed by atoms with Gasteiger partial charge in [-0.15, -0.1) is 70.8 Å². The molecular formula is C41H28N2Pt. The molecular weight excluding hydrogens is 716 g/mol. The van der Waals surface area contributed by atoms with Gasteiger partial charge in [-0.1, -0.05) is 103 Å². The molecule has 0 atom stereocenters. The molecule has 0 amide bonds. The number of hydrogen-bond acceptors (Lipinski definition) is 2. The number of aromatic nitrogens is 2. The van der Waals surface area contributed by atoms with Gasteiger partial charge in [-0.3, -0.25) is 0 Å². The maximum atomic E-state index is 4.72. The molecule has 0 aliphatic rings. The van der Waals surface area contributed by atoms with Crippen LogP contribution >= 0.6 is 0 Å². The van der Waals surface area contributed by atoms with E-state index < -0.39 is 0 Å². The second-order valence-corrected chi connectivity index (χ2v) is 10.5. The van der Waals surface area contributed by atoms with Crippen molar-refractivity contribution < 1.29 is 21.1 Å². The molecule has 2 aromatic heterocycles. The summed E-state index contributed by atoms with van der Waals surface area (Å²) in [6.07, 6.45) is 3.75. The van der Waals surface area contributed by atoms with Crippen LogP contribution in [0.4, 0.5) is 0 Å². The fourth-order valence-corrected chi connectivity index (χ4v) is 5.56. The Hall–Kier alpha value is -4.91. The van der Waals surface area contributed by atoms with E-state index in [0.717, 1.165) is 44.8 Å². The molecule has 0 fully saturated rings. The quantitative estimate of drug-likeness (QED) is 0.120. The third-order valence-corrected chi connectivity index (χ3v) is 7.68. The van der Waals surface area contributed by atoms with Crippen LogP contribution < -0.4 is 0 Å². The summed E-state index contributed by atoms with van der Waals surface area (Å²) in [5, 5.41) is 0. The van der Waals surface area contributed by atoms with Crippen LogP contribution in [0.1, 0.15) is 22.6 Å². The Labute approximate surface area is 273 Å². The Balaban J connectivity index is 0.00000343. The molecule has 2 nitrogen and oxygen atoms in total. The number of nitrogens with zero attached hydrogens (tertiary/aromatic N) is 2. The van der Waals surface area contributed by atoms with E-state index in [1.807, 2.05) is 24.5 Å². The van der Waals surface area contributed by atoms with Crippen molar-refractivity contribution in [3.05, 3.63) is 193 Å². The fourth-order valence-electron chi connectivity index (χ4n) is 5.56. The minimum absolute atomic E-state index is 0. The number of rotatable bonds is 7. The molecule has 0 N–H and O–H groups in total. The third kappa shape index (κ3) is 6.37. The first-order chi connectivity index (χ1) is 21.3.